The number of aliphatic hydroxyl groups excluding tert-OH is 1. The quantitative estimate of drug-likeness (QED) is 0.581. The molecule has 0 unspecified atom stereocenters. The number of hydrogen-bond donors (Lipinski definition) is 2. The summed E-state index contributed by atoms with van der Waals surface area (Å²) < 4.78 is 65.2. The molecule has 1 amide bonds. The second-order valence-electron chi connectivity index (χ2n) is 7.77. The standard InChI is InChI=1S/C20H26F3N3O5S/c21-20(22,23)16-2-1-3-18(12-16)32(29,30)26-10-6-17(7-11-26)24-31-14-19(28)25-8-4-15(13-27)5-9-25/h1-3,6,12,15,24,27H,4-5,7-11,13-14H2. The summed E-state index contributed by atoms with van der Waals surface area (Å²) in [5, 5.41) is 9.15. The molecule has 2 N–H and O–H groups in total. The fraction of sp³-hybridized carbons (Fsp3) is 0.550. The third kappa shape index (κ3) is 6.00. The van der Waals surface area contributed by atoms with Gasteiger partial charge in [0.05, 0.1) is 10.5 Å². The normalized spacial score (nSPS) is 19.0. The van der Waals surface area contributed by atoms with Gasteiger partial charge in [0.15, 0.2) is 6.61 Å². The molecule has 1 fully saturated rings. The average Bonchev–Trinajstić information content (AvgIpc) is 2.79. The first-order chi connectivity index (χ1) is 15.1. The summed E-state index contributed by atoms with van der Waals surface area (Å²) in [6.07, 6.45) is -1.32. The molecule has 2 aliphatic heterocycles. The van der Waals surface area contributed by atoms with Gasteiger partial charge in [0.2, 0.25) is 10.0 Å². The minimum atomic E-state index is -4.63. The number of alkyl halides is 3. The summed E-state index contributed by atoms with van der Waals surface area (Å²) in [6, 6.07) is 3.66. The van der Waals surface area contributed by atoms with Crippen LogP contribution in [0.2, 0.25) is 0 Å². The number of sulfonamides is 1. The van der Waals surface area contributed by atoms with Crippen LogP contribution >= 0.6 is 0 Å². The maximum absolute atomic E-state index is 12.9. The van der Waals surface area contributed by atoms with Gasteiger partial charge in [-0.3, -0.25) is 15.1 Å². The van der Waals surface area contributed by atoms with Gasteiger partial charge >= 0.3 is 6.18 Å². The molecule has 178 valence electrons. The molecule has 0 aromatic heterocycles. The number of nitrogens with zero attached hydrogens (tertiary/aromatic N) is 2. The Morgan fingerprint density at radius 3 is 2.53 bits per heavy atom. The molecule has 1 aromatic carbocycles. The van der Waals surface area contributed by atoms with Crippen molar-refractivity contribution in [3.05, 3.63) is 41.6 Å². The smallest absolute Gasteiger partial charge is 0.396 e. The Morgan fingerprint density at radius 1 is 1.22 bits per heavy atom. The maximum atomic E-state index is 12.9. The third-order valence-electron chi connectivity index (χ3n) is 5.60. The molecule has 0 radical (unpaired) electrons. The second kappa shape index (κ2) is 10.2. The van der Waals surface area contributed by atoms with Gasteiger partial charge in [0.25, 0.3) is 5.91 Å². The van der Waals surface area contributed by atoms with Crippen LogP contribution in [0.4, 0.5) is 13.2 Å². The van der Waals surface area contributed by atoms with Gasteiger partial charge in [-0.15, -0.1) is 0 Å². The molecule has 0 aliphatic carbocycles. The van der Waals surface area contributed by atoms with Crippen LogP contribution < -0.4 is 5.48 Å². The Kier molecular flexibility index (Phi) is 7.80. The van der Waals surface area contributed by atoms with Crippen LogP contribution in [0.5, 0.6) is 0 Å². The summed E-state index contributed by atoms with van der Waals surface area (Å²) in [5.41, 5.74) is 2.22. The van der Waals surface area contributed by atoms with Crippen LogP contribution in [-0.4, -0.2) is 68.0 Å². The van der Waals surface area contributed by atoms with Crippen LogP contribution in [0.1, 0.15) is 24.8 Å². The van der Waals surface area contributed by atoms with E-state index in [1.807, 2.05) is 0 Å². The summed E-state index contributed by atoms with van der Waals surface area (Å²) in [7, 11) is -4.08. The lowest BCUT2D eigenvalue weighted by Gasteiger charge is -2.31. The topological polar surface area (TPSA) is 99.2 Å². The maximum Gasteiger partial charge on any atom is 0.416 e. The number of likely N-dealkylation sites (tertiary alicyclic amines) is 1. The monoisotopic (exact) mass is 477 g/mol. The van der Waals surface area contributed by atoms with Crippen molar-refractivity contribution in [3.8, 4) is 0 Å². The first-order valence-electron chi connectivity index (χ1n) is 10.2. The molecular weight excluding hydrogens is 451 g/mol. The highest BCUT2D eigenvalue weighted by Crippen LogP contribution is 2.31. The number of amides is 1. The van der Waals surface area contributed by atoms with E-state index >= 15 is 0 Å². The van der Waals surface area contributed by atoms with Gasteiger partial charge < -0.3 is 10.0 Å². The summed E-state index contributed by atoms with van der Waals surface area (Å²) in [6.45, 7) is 1.09. The van der Waals surface area contributed by atoms with E-state index in [-0.39, 0.29) is 44.5 Å². The average molecular weight is 478 g/mol. The van der Waals surface area contributed by atoms with E-state index in [2.05, 4.69) is 5.48 Å². The number of nitrogens with one attached hydrogen (secondary N) is 1. The zero-order valence-electron chi connectivity index (χ0n) is 17.3. The third-order valence-corrected chi connectivity index (χ3v) is 7.46. The van der Waals surface area contributed by atoms with E-state index in [9.17, 15) is 26.4 Å². The number of aliphatic hydroxyl groups is 1. The van der Waals surface area contributed by atoms with Gasteiger partial charge in [0, 0.05) is 44.9 Å². The second-order valence-corrected chi connectivity index (χ2v) is 9.70. The van der Waals surface area contributed by atoms with Gasteiger partial charge in [-0.05, 0) is 43.0 Å². The zero-order valence-corrected chi connectivity index (χ0v) is 18.2. The van der Waals surface area contributed by atoms with Crippen LogP contribution in [0, 0.1) is 5.92 Å². The van der Waals surface area contributed by atoms with Gasteiger partial charge in [0.1, 0.15) is 0 Å². The van der Waals surface area contributed by atoms with Crippen molar-refractivity contribution in [2.24, 2.45) is 5.92 Å². The molecule has 0 bridgehead atoms. The van der Waals surface area contributed by atoms with Gasteiger partial charge in [-0.25, -0.2) is 8.42 Å². The fourth-order valence-electron chi connectivity index (χ4n) is 3.59. The highest BCUT2D eigenvalue weighted by molar-refractivity contribution is 7.89. The van der Waals surface area contributed by atoms with E-state index in [4.69, 9.17) is 9.94 Å². The van der Waals surface area contributed by atoms with Crippen LogP contribution in [-0.2, 0) is 25.8 Å². The van der Waals surface area contributed by atoms with Gasteiger partial charge in [-0.1, -0.05) is 6.07 Å². The van der Waals surface area contributed by atoms with Crippen molar-refractivity contribution in [2.45, 2.75) is 30.3 Å². The van der Waals surface area contributed by atoms with Crippen molar-refractivity contribution in [1.29, 1.82) is 0 Å². The van der Waals surface area contributed by atoms with Crippen LogP contribution in [0.25, 0.3) is 0 Å². The minimum Gasteiger partial charge on any atom is -0.396 e. The number of carbonyl (C=O) groups excluding carboxylic acids is 1. The molecule has 32 heavy (non-hydrogen) atoms. The highest BCUT2D eigenvalue weighted by atomic mass is 32.2. The first kappa shape index (κ1) is 24.5. The number of hydrogen-bond acceptors (Lipinski definition) is 6. The van der Waals surface area contributed by atoms with E-state index in [0.717, 1.165) is 35.3 Å². The first-order valence-corrected chi connectivity index (χ1v) is 11.7. The Morgan fingerprint density at radius 2 is 1.94 bits per heavy atom. The summed E-state index contributed by atoms with van der Waals surface area (Å²) >= 11 is 0. The van der Waals surface area contributed by atoms with E-state index in [1.165, 1.54) is 0 Å². The molecule has 8 nitrogen and oxygen atoms in total. The lowest BCUT2D eigenvalue weighted by Crippen LogP contribution is -2.42. The molecule has 12 heteroatoms. The molecule has 0 saturated carbocycles. The van der Waals surface area contributed by atoms with Gasteiger partial charge in [-0.2, -0.15) is 17.5 Å². The highest BCUT2D eigenvalue weighted by Gasteiger charge is 2.33. The van der Waals surface area contributed by atoms with Crippen molar-refractivity contribution in [3.63, 3.8) is 0 Å². The molecule has 1 aromatic rings. The lowest BCUT2D eigenvalue weighted by molar-refractivity contribution is -0.140. The Bertz CT molecular complexity index is 944. The number of carbonyl (C=O) groups is 1. The van der Waals surface area contributed by atoms with Crippen molar-refractivity contribution < 1.29 is 36.3 Å². The van der Waals surface area contributed by atoms with Crippen molar-refractivity contribution in [2.75, 3.05) is 39.4 Å². The fourth-order valence-corrected chi connectivity index (χ4v) is 5.02. The predicted molar refractivity (Wildman–Crippen MR) is 108 cm³/mol. The molecule has 2 heterocycles. The molecule has 3 rings (SSSR count). The Balaban J connectivity index is 1.50. The Hall–Kier alpha value is -2.15. The molecule has 1 saturated heterocycles. The minimum absolute atomic E-state index is 0.0348. The number of rotatable bonds is 7. The number of hydroxylamine groups is 1. The molecule has 0 atom stereocenters. The zero-order chi connectivity index (χ0) is 23.4. The number of halogens is 3. The SMILES string of the molecule is O=C(CONC1=CCN(S(=O)(=O)c2cccc(C(F)(F)F)c2)CC1)N1CCC(CO)CC1. The molecular formula is C20H26F3N3O5S. The van der Waals surface area contributed by atoms with Crippen molar-refractivity contribution >= 4 is 15.9 Å². The molecule has 2 aliphatic rings. The van der Waals surface area contributed by atoms with E-state index < -0.39 is 26.7 Å². The van der Waals surface area contributed by atoms with Crippen LogP contribution in [0.15, 0.2) is 40.9 Å². The number of benzene rings is 1. The predicted octanol–water partition coefficient (Wildman–Crippen LogP) is 1.74. The number of piperidine rings is 1. The largest absolute Gasteiger partial charge is 0.416 e. The van der Waals surface area contributed by atoms with Crippen molar-refractivity contribution in [1.82, 2.24) is 14.7 Å². The summed E-state index contributed by atoms with van der Waals surface area (Å²) in [4.78, 5) is 18.7. The van der Waals surface area contributed by atoms with E-state index in [0.29, 0.717) is 24.9 Å². The lowest BCUT2D eigenvalue weighted by atomic mass is 9.98. The summed E-state index contributed by atoms with van der Waals surface area (Å²) in [5.74, 6) is 0.0414. The van der Waals surface area contributed by atoms with Crippen LogP contribution in [0.3, 0.4) is 0 Å². The Labute approximate surface area is 184 Å². The molecule has 0 spiro atoms. The van der Waals surface area contributed by atoms with E-state index in [1.54, 1.807) is 11.0 Å².